The maximum absolute atomic E-state index is 14.2. The maximum atomic E-state index is 14.2. The molecule has 2 amide bonds. The Hall–Kier alpha value is -1.72. The van der Waals surface area contributed by atoms with E-state index in [-0.39, 0.29) is 23.9 Å². The summed E-state index contributed by atoms with van der Waals surface area (Å²) < 4.78 is 0. The van der Waals surface area contributed by atoms with Crippen LogP contribution in [0, 0.1) is 29.6 Å². The molecule has 2 atom stereocenters. The lowest BCUT2D eigenvalue weighted by molar-refractivity contribution is -0.150. The first-order chi connectivity index (χ1) is 17.1. The van der Waals surface area contributed by atoms with Gasteiger partial charge in [-0.25, -0.2) is 10.0 Å². The SMILES string of the molecule is CCCCC(C(=O)N(N=C(C)CC(C)C)C(C)CC(C)C)C(=O)N(N=C(C)CC(C)C)C(C)CC(C)C. The highest BCUT2D eigenvalue weighted by molar-refractivity contribution is 6.01. The van der Waals surface area contributed by atoms with E-state index in [4.69, 9.17) is 10.2 Å². The summed E-state index contributed by atoms with van der Waals surface area (Å²) in [5.74, 6) is 0.577. The van der Waals surface area contributed by atoms with E-state index in [0.717, 1.165) is 49.9 Å². The fourth-order valence-electron chi connectivity index (χ4n) is 5.01. The minimum absolute atomic E-state index is 0.0840. The molecule has 0 heterocycles. The summed E-state index contributed by atoms with van der Waals surface area (Å²) in [4.78, 5) is 28.3. The van der Waals surface area contributed by atoms with Crippen LogP contribution in [0.2, 0.25) is 0 Å². The number of hydrazone groups is 2. The summed E-state index contributed by atoms with van der Waals surface area (Å²) in [7, 11) is 0. The summed E-state index contributed by atoms with van der Waals surface area (Å²) in [5, 5.41) is 12.9. The molecule has 0 aromatic heterocycles. The van der Waals surface area contributed by atoms with E-state index < -0.39 is 5.92 Å². The zero-order chi connectivity index (χ0) is 28.9. The van der Waals surface area contributed by atoms with E-state index in [9.17, 15) is 9.59 Å². The fraction of sp³-hybridized carbons (Fsp3) is 0.871. The monoisotopic (exact) mass is 520 g/mol. The average molecular weight is 521 g/mol. The van der Waals surface area contributed by atoms with Crippen LogP contribution in [0.15, 0.2) is 10.2 Å². The molecule has 0 radical (unpaired) electrons. The summed E-state index contributed by atoms with van der Waals surface area (Å²) in [6.45, 7) is 27.4. The van der Waals surface area contributed by atoms with Crippen molar-refractivity contribution in [1.82, 2.24) is 10.0 Å². The second kappa shape index (κ2) is 17.7. The van der Waals surface area contributed by atoms with Crippen molar-refractivity contribution in [3.05, 3.63) is 0 Å². The third kappa shape index (κ3) is 14.1. The molecule has 0 rings (SSSR count). The van der Waals surface area contributed by atoms with Crippen molar-refractivity contribution < 1.29 is 9.59 Å². The Morgan fingerprint density at radius 3 is 1.24 bits per heavy atom. The average Bonchev–Trinajstić information content (AvgIpc) is 2.73. The first kappa shape index (κ1) is 35.3. The Labute approximate surface area is 229 Å². The first-order valence-electron chi connectivity index (χ1n) is 14.8. The molecule has 0 aliphatic carbocycles. The normalized spacial score (nSPS) is 15.5. The molecular formula is C31H60N4O2. The smallest absolute Gasteiger partial charge is 0.255 e. The maximum Gasteiger partial charge on any atom is 0.255 e. The molecule has 37 heavy (non-hydrogen) atoms. The van der Waals surface area contributed by atoms with E-state index >= 15 is 0 Å². The van der Waals surface area contributed by atoms with Gasteiger partial charge in [-0.1, -0.05) is 75.2 Å². The number of amides is 2. The molecule has 0 aromatic carbocycles. The van der Waals surface area contributed by atoms with E-state index in [0.29, 0.717) is 30.1 Å². The molecule has 6 heteroatoms. The largest absolute Gasteiger partial charge is 0.272 e. The Balaban J connectivity index is 6.53. The highest BCUT2D eigenvalue weighted by Crippen LogP contribution is 2.24. The molecular weight excluding hydrogens is 460 g/mol. The molecule has 2 unspecified atom stereocenters. The van der Waals surface area contributed by atoms with Crippen LogP contribution in [-0.4, -0.2) is 45.3 Å². The number of unbranched alkanes of at least 4 members (excludes halogenated alkanes) is 1. The topological polar surface area (TPSA) is 65.3 Å². The number of rotatable bonds is 17. The molecule has 0 fully saturated rings. The van der Waals surface area contributed by atoms with Crippen molar-refractivity contribution in [2.75, 3.05) is 0 Å². The standard InChI is InChI=1S/C31H60N4O2/c1-14-15-16-29(30(36)34(27(12)19-23(6)7)32-25(10)17-21(2)3)31(37)35(28(13)20-24(8)9)33-26(11)18-22(4)5/h21-24,27-29H,14-20H2,1-13H3. The second-order valence-corrected chi connectivity index (χ2v) is 12.9. The minimum Gasteiger partial charge on any atom is -0.272 e. The van der Waals surface area contributed by atoms with Crippen molar-refractivity contribution >= 4 is 23.2 Å². The molecule has 6 nitrogen and oxygen atoms in total. The number of hydrogen-bond donors (Lipinski definition) is 0. The molecule has 0 aliphatic rings. The van der Waals surface area contributed by atoms with Crippen LogP contribution in [0.1, 0.15) is 135 Å². The summed E-state index contributed by atoms with van der Waals surface area (Å²) in [6, 6.07) is -0.168. The van der Waals surface area contributed by atoms with E-state index in [1.165, 1.54) is 0 Å². The van der Waals surface area contributed by atoms with Gasteiger partial charge < -0.3 is 0 Å². The van der Waals surface area contributed by atoms with E-state index in [1.807, 2.05) is 13.8 Å². The highest BCUT2D eigenvalue weighted by Gasteiger charge is 2.37. The van der Waals surface area contributed by atoms with Gasteiger partial charge in [0.25, 0.3) is 11.8 Å². The number of carbonyl (C=O) groups excluding carboxylic acids is 2. The van der Waals surface area contributed by atoms with E-state index in [2.05, 4.69) is 76.2 Å². The minimum atomic E-state index is -0.782. The lowest BCUT2D eigenvalue weighted by Gasteiger charge is -2.33. The van der Waals surface area contributed by atoms with Crippen LogP contribution in [0.5, 0.6) is 0 Å². The summed E-state index contributed by atoms with van der Waals surface area (Å²) >= 11 is 0. The van der Waals surface area contributed by atoms with Gasteiger partial charge in [-0.2, -0.15) is 10.2 Å². The molecule has 0 spiro atoms. The molecule has 0 aliphatic heterocycles. The van der Waals surface area contributed by atoms with Crippen LogP contribution >= 0.6 is 0 Å². The number of carbonyl (C=O) groups is 2. The van der Waals surface area contributed by atoms with Gasteiger partial charge in [0.15, 0.2) is 0 Å². The van der Waals surface area contributed by atoms with Crippen LogP contribution in [0.4, 0.5) is 0 Å². The molecule has 0 saturated carbocycles. The molecule has 0 saturated heterocycles. The second-order valence-electron chi connectivity index (χ2n) is 12.9. The van der Waals surface area contributed by atoms with Gasteiger partial charge in [0.05, 0.1) is 12.1 Å². The third-order valence-electron chi connectivity index (χ3n) is 6.32. The van der Waals surface area contributed by atoms with E-state index in [1.54, 1.807) is 10.0 Å². The number of hydrogen-bond acceptors (Lipinski definition) is 4. The summed E-state index contributed by atoms with van der Waals surface area (Å²) in [6.07, 6.45) is 5.55. The Morgan fingerprint density at radius 2 is 0.973 bits per heavy atom. The van der Waals surface area contributed by atoms with Crippen molar-refractivity contribution in [3.63, 3.8) is 0 Å². The van der Waals surface area contributed by atoms with Crippen LogP contribution in [0.3, 0.4) is 0 Å². The van der Waals surface area contributed by atoms with Gasteiger partial charge in [-0.05, 0) is 83.5 Å². The number of nitrogens with zero attached hydrogens (tertiary/aromatic N) is 4. The fourth-order valence-corrected chi connectivity index (χ4v) is 5.01. The van der Waals surface area contributed by atoms with Crippen molar-refractivity contribution in [3.8, 4) is 0 Å². The van der Waals surface area contributed by atoms with Crippen LogP contribution in [0.25, 0.3) is 0 Å². The van der Waals surface area contributed by atoms with Crippen molar-refractivity contribution in [2.24, 2.45) is 39.8 Å². The predicted molar refractivity (Wildman–Crippen MR) is 160 cm³/mol. The van der Waals surface area contributed by atoms with Gasteiger partial charge in [-0.3, -0.25) is 9.59 Å². The molecule has 216 valence electrons. The lowest BCUT2D eigenvalue weighted by Crippen LogP contribution is -2.48. The molecule has 0 N–H and O–H groups in total. The lowest BCUT2D eigenvalue weighted by atomic mass is 9.96. The van der Waals surface area contributed by atoms with Gasteiger partial charge in [0, 0.05) is 11.4 Å². The van der Waals surface area contributed by atoms with Crippen molar-refractivity contribution in [2.45, 2.75) is 147 Å². The third-order valence-corrected chi connectivity index (χ3v) is 6.32. The summed E-state index contributed by atoms with van der Waals surface area (Å²) in [5.41, 5.74) is 1.85. The molecule has 0 aromatic rings. The van der Waals surface area contributed by atoms with Gasteiger partial charge >= 0.3 is 0 Å². The Kier molecular flexibility index (Phi) is 16.9. The zero-order valence-corrected chi connectivity index (χ0v) is 26.6. The quantitative estimate of drug-likeness (QED) is 0.110. The van der Waals surface area contributed by atoms with Gasteiger partial charge in [0.2, 0.25) is 0 Å². The van der Waals surface area contributed by atoms with Gasteiger partial charge in [-0.15, -0.1) is 0 Å². The zero-order valence-electron chi connectivity index (χ0n) is 26.6. The van der Waals surface area contributed by atoms with Crippen LogP contribution in [-0.2, 0) is 9.59 Å². The van der Waals surface area contributed by atoms with Crippen LogP contribution < -0.4 is 0 Å². The predicted octanol–water partition coefficient (Wildman–Crippen LogP) is 8.16. The Bertz CT molecular complexity index is 681. The first-order valence-corrected chi connectivity index (χ1v) is 14.8. The molecule has 0 bridgehead atoms. The Morgan fingerprint density at radius 1 is 0.622 bits per heavy atom. The van der Waals surface area contributed by atoms with Crippen molar-refractivity contribution in [1.29, 1.82) is 0 Å². The van der Waals surface area contributed by atoms with Gasteiger partial charge in [0.1, 0.15) is 5.92 Å². The highest BCUT2D eigenvalue weighted by atomic mass is 16.2.